The molecule has 3 aromatic rings. The lowest BCUT2D eigenvalue weighted by molar-refractivity contribution is -0.119. The van der Waals surface area contributed by atoms with Gasteiger partial charge < -0.3 is 9.72 Å². The Bertz CT molecular complexity index is 1240. The Morgan fingerprint density at radius 2 is 1.93 bits per heavy atom. The van der Waals surface area contributed by atoms with E-state index in [1.165, 1.54) is 6.08 Å². The number of nitrogens with one attached hydrogen (secondary N) is 1. The van der Waals surface area contributed by atoms with Crippen LogP contribution in [-0.2, 0) is 9.53 Å². The van der Waals surface area contributed by atoms with Gasteiger partial charge in [0.2, 0.25) is 0 Å². The molecule has 0 fully saturated rings. The minimum atomic E-state index is -0.568. The summed E-state index contributed by atoms with van der Waals surface area (Å²) in [6.45, 7) is 7.37. The van der Waals surface area contributed by atoms with Crippen LogP contribution in [0.5, 0.6) is 0 Å². The molecular weight excluding hydrogens is 402 g/mol. The second-order valence-electron chi connectivity index (χ2n) is 7.62. The van der Waals surface area contributed by atoms with Crippen LogP contribution in [0.1, 0.15) is 43.7 Å². The van der Waals surface area contributed by atoms with Crippen LogP contribution in [0.3, 0.4) is 0 Å². The summed E-state index contributed by atoms with van der Waals surface area (Å²) in [6, 6.07) is 9.32. The first-order chi connectivity index (χ1) is 14.2. The molecule has 8 heteroatoms. The number of H-pyrrole nitrogens is 1. The maximum absolute atomic E-state index is 12.4. The Labute approximate surface area is 177 Å². The molecule has 0 atom stereocenters. The van der Waals surface area contributed by atoms with Crippen molar-refractivity contribution in [3.63, 3.8) is 0 Å². The number of esters is 1. The van der Waals surface area contributed by atoms with E-state index in [-0.39, 0.29) is 23.6 Å². The van der Waals surface area contributed by atoms with Gasteiger partial charge in [0.15, 0.2) is 11.5 Å². The number of Topliss-reactive ketones (excluding diaryl/α,β-unsaturated/α-hetero) is 1. The molecular formula is C22H23N3O4S. The average Bonchev–Trinajstić information content (AvgIpc) is 3.26. The number of hydrogen-bond acceptors (Lipinski definition) is 6. The first kappa shape index (κ1) is 21.4. The van der Waals surface area contributed by atoms with Gasteiger partial charge in [-0.2, -0.15) is 5.10 Å². The number of rotatable bonds is 5. The fourth-order valence-electron chi connectivity index (χ4n) is 2.57. The molecule has 0 amide bonds. The van der Waals surface area contributed by atoms with E-state index < -0.39 is 11.4 Å². The molecule has 0 radical (unpaired) electrons. The first-order valence-electron chi connectivity index (χ1n) is 9.48. The standard InChI is InChI=1S/C22H23N3O4S/c1-5-29-21(28)19-14(13-25(24-19)15-9-7-6-8-10-15)11-16-20(27)23-18(30-16)12-17(26)22(2,3)4/h6-13H,5H2,1-4H3,(H,23,27)/b16-11-,18-12-. The maximum Gasteiger partial charge on any atom is 0.359 e. The molecule has 156 valence electrons. The molecule has 0 aliphatic heterocycles. The van der Waals surface area contributed by atoms with Crippen LogP contribution >= 0.6 is 11.3 Å². The van der Waals surface area contributed by atoms with Crippen LogP contribution in [0.15, 0.2) is 41.3 Å². The van der Waals surface area contributed by atoms with Gasteiger partial charge in [0.25, 0.3) is 5.56 Å². The number of ether oxygens (including phenoxy) is 1. The van der Waals surface area contributed by atoms with Gasteiger partial charge in [0.05, 0.1) is 21.5 Å². The summed E-state index contributed by atoms with van der Waals surface area (Å²) >= 11 is 1.15. The molecule has 30 heavy (non-hydrogen) atoms. The highest BCUT2D eigenvalue weighted by molar-refractivity contribution is 7.07. The van der Waals surface area contributed by atoms with Crippen LogP contribution in [0.4, 0.5) is 0 Å². The quantitative estimate of drug-likeness (QED) is 0.631. The number of aromatic amines is 1. The van der Waals surface area contributed by atoms with E-state index in [4.69, 9.17) is 4.74 Å². The van der Waals surface area contributed by atoms with Crippen LogP contribution in [0, 0.1) is 5.41 Å². The van der Waals surface area contributed by atoms with E-state index in [1.54, 1.807) is 23.9 Å². The molecule has 3 rings (SSSR count). The van der Waals surface area contributed by atoms with Gasteiger partial charge in [-0.15, -0.1) is 11.3 Å². The molecule has 0 saturated carbocycles. The van der Waals surface area contributed by atoms with Crippen molar-refractivity contribution < 1.29 is 14.3 Å². The summed E-state index contributed by atoms with van der Waals surface area (Å²) in [5.74, 6) is -0.656. The van der Waals surface area contributed by atoms with Crippen LogP contribution < -0.4 is 14.8 Å². The normalized spacial score (nSPS) is 12.9. The van der Waals surface area contributed by atoms with Gasteiger partial charge in [0.1, 0.15) is 0 Å². The number of hydrogen-bond donors (Lipinski definition) is 1. The van der Waals surface area contributed by atoms with Crippen molar-refractivity contribution in [1.29, 1.82) is 0 Å². The molecule has 0 bridgehead atoms. The number of aromatic nitrogens is 3. The summed E-state index contributed by atoms with van der Waals surface area (Å²) in [5.41, 5.74) is 0.463. The minimum absolute atomic E-state index is 0.0874. The van der Waals surface area contributed by atoms with Crippen molar-refractivity contribution in [3.05, 3.63) is 67.3 Å². The van der Waals surface area contributed by atoms with Gasteiger partial charge in [-0.25, -0.2) is 9.48 Å². The first-order valence-corrected chi connectivity index (χ1v) is 10.3. The fourth-order valence-corrected chi connectivity index (χ4v) is 3.44. The van der Waals surface area contributed by atoms with Gasteiger partial charge >= 0.3 is 5.97 Å². The van der Waals surface area contributed by atoms with E-state index in [0.29, 0.717) is 14.8 Å². The molecule has 2 aromatic heterocycles. The van der Waals surface area contributed by atoms with Gasteiger partial charge in [-0.3, -0.25) is 9.59 Å². The third-order valence-corrected chi connectivity index (χ3v) is 5.16. The average molecular weight is 426 g/mol. The molecule has 1 aromatic carbocycles. The highest BCUT2D eigenvalue weighted by Gasteiger charge is 2.19. The van der Waals surface area contributed by atoms with Crippen LogP contribution in [0.25, 0.3) is 17.8 Å². The molecule has 2 heterocycles. The largest absolute Gasteiger partial charge is 0.461 e. The summed E-state index contributed by atoms with van der Waals surface area (Å²) in [4.78, 5) is 39.7. The molecule has 0 saturated heterocycles. The van der Waals surface area contributed by atoms with Crippen molar-refractivity contribution >= 4 is 35.2 Å². The predicted octanol–water partition coefficient (Wildman–Crippen LogP) is 2.02. The SMILES string of the molecule is CCOC(=O)c1nn(-c2ccccc2)cc1/C=c1\s/c(=C\C(=O)C(C)(C)C)[nH]c1=O. The third-order valence-electron chi connectivity index (χ3n) is 4.20. The van der Waals surface area contributed by atoms with Gasteiger partial charge in [0, 0.05) is 23.3 Å². The summed E-state index contributed by atoms with van der Waals surface area (Å²) < 4.78 is 7.50. The lowest BCUT2D eigenvalue weighted by Gasteiger charge is -2.12. The van der Waals surface area contributed by atoms with Gasteiger partial charge in [-0.1, -0.05) is 39.0 Å². The van der Waals surface area contributed by atoms with Crippen molar-refractivity contribution in [3.8, 4) is 5.69 Å². The van der Waals surface area contributed by atoms with E-state index in [1.807, 2.05) is 51.1 Å². The van der Waals surface area contributed by atoms with Crippen molar-refractivity contribution in [2.45, 2.75) is 27.7 Å². The molecule has 1 N–H and O–H groups in total. The number of para-hydroxylation sites is 1. The van der Waals surface area contributed by atoms with E-state index in [2.05, 4.69) is 10.1 Å². The second kappa shape index (κ2) is 8.62. The monoisotopic (exact) mass is 425 g/mol. The Morgan fingerprint density at radius 3 is 2.57 bits per heavy atom. The lowest BCUT2D eigenvalue weighted by Crippen LogP contribution is -2.22. The summed E-state index contributed by atoms with van der Waals surface area (Å²) in [5, 5.41) is 4.35. The smallest absolute Gasteiger partial charge is 0.359 e. The lowest BCUT2D eigenvalue weighted by atomic mass is 9.91. The molecule has 0 spiro atoms. The number of carbonyl (C=O) groups excluding carboxylic acids is 2. The second-order valence-corrected chi connectivity index (χ2v) is 8.71. The van der Waals surface area contributed by atoms with E-state index in [9.17, 15) is 14.4 Å². The number of thiazole rings is 1. The zero-order valence-electron chi connectivity index (χ0n) is 17.3. The van der Waals surface area contributed by atoms with E-state index in [0.717, 1.165) is 17.0 Å². The Morgan fingerprint density at radius 1 is 1.23 bits per heavy atom. The number of nitrogens with zero attached hydrogens (tertiary/aromatic N) is 2. The summed E-state index contributed by atoms with van der Waals surface area (Å²) in [6.07, 6.45) is 4.69. The minimum Gasteiger partial charge on any atom is -0.461 e. The van der Waals surface area contributed by atoms with Crippen molar-refractivity contribution in [1.82, 2.24) is 14.8 Å². The molecule has 0 unspecified atom stereocenters. The summed E-state index contributed by atoms with van der Waals surface area (Å²) in [7, 11) is 0. The molecule has 0 aliphatic rings. The highest BCUT2D eigenvalue weighted by atomic mass is 32.1. The number of benzene rings is 1. The number of ketones is 1. The maximum atomic E-state index is 12.4. The number of carbonyl (C=O) groups is 2. The third kappa shape index (κ3) is 4.83. The van der Waals surface area contributed by atoms with Crippen molar-refractivity contribution in [2.75, 3.05) is 6.61 Å². The van der Waals surface area contributed by atoms with Gasteiger partial charge in [-0.05, 0) is 25.1 Å². The zero-order chi connectivity index (χ0) is 21.9. The Kier molecular flexibility index (Phi) is 6.17. The molecule has 0 aliphatic carbocycles. The predicted molar refractivity (Wildman–Crippen MR) is 116 cm³/mol. The van der Waals surface area contributed by atoms with Crippen LogP contribution in [-0.4, -0.2) is 33.1 Å². The van der Waals surface area contributed by atoms with Crippen LogP contribution in [0.2, 0.25) is 0 Å². The van der Waals surface area contributed by atoms with Crippen molar-refractivity contribution in [2.24, 2.45) is 5.41 Å². The Hall–Kier alpha value is -3.26. The highest BCUT2D eigenvalue weighted by Crippen LogP contribution is 2.15. The van der Waals surface area contributed by atoms with E-state index >= 15 is 0 Å². The topological polar surface area (TPSA) is 94.0 Å². The molecule has 7 nitrogen and oxygen atoms in total. The fraction of sp³-hybridized carbons (Fsp3) is 0.273. The Balaban J connectivity index is 2.12. The zero-order valence-corrected chi connectivity index (χ0v) is 18.1.